The van der Waals surface area contributed by atoms with Crippen molar-refractivity contribution in [2.75, 3.05) is 19.0 Å². The zero-order valence-electron chi connectivity index (χ0n) is 20.5. The van der Waals surface area contributed by atoms with Crippen molar-refractivity contribution in [3.05, 3.63) is 42.5 Å². The van der Waals surface area contributed by atoms with Crippen molar-refractivity contribution in [2.24, 2.45) is 5.92 Å². The maximum absolute atomic E-state index is 13.1. The molecule has 3 N–H and O–H groups in total. The van der Waals surface area contributed by atoms with Gasteiger partial charge in [-0.15, -0.1) is 0 Å². The molecule has 2 aliphatic rings. The van der Waals surface area contributed by atoms with Crippen LogP contribution in [0, 0.1) is 5.92 Å². The predicted octanol–water partition coefficient (Wildman–Crippen LogP) is 4.42. The average molecular weight is 510 g/mol. The third-order valence-corrected chi connectivity index (χ3v) is 7.58. The van der Waals surface area contributed by atoms with Crippen molar-refractivity contribution in [3.63, 3.8) is 0 Å². The molecule has 2 fully saturated rings. The lowest BCUT2D eigenvalue weighted by atomic mass is 9.81. The van der Waals surface area contributed by atoms with Crippen molar-refractivity contribution in [1.29, 1.82) is 0 Å². The summed E-state index contributed by atoms with van der Waals surface area (Å²) in [5, 5.41) is 11.4. The van der Waals surface area contributed by atoms with Crippen LogP contribution >= 0.6 is 0 Å². The fraction of sp³-hybridized carbons (Fsp3) is 0.462. The highest BCUT2D eigenvalue weighted by atomic mass is 19.3. The van der Waals surface area contributed by atoms with Crippen molar-refractivity contribution >= 4 is 28.4 Å². The van der Waals surface area contributed by atoms with Crippen LogP contribution in [0.25, 0.3) is 27.7 Å². The number of halogens is 2. The highest BCUT2D eigenvalue weighted by Gasteiger charge is 2.45. The molecule has 0 spiro atoms. The Balaban J connectivity index is 1.19. The topological polar surface area (TPSA) is 109 Å². The van der Waals surface area contributed by atoms with E-state index in [1.807, 2.05) is 18.3 Å². The Hall–Kier alpha value is -3.60. The molecule has 0 atom stereocenters. The number of methoxy groups -OCH3 is 1. The fourth-order valence-corrected chi connectivity index (χ4v) is 5.43. The SMILES string of the molecule is COC1CCC(Nc2ncc3c(-c4ccn5ncc(C(=O)NCC6CC(F)(F)C6)c5c4)c[nH]c3n2)CC1. The molecule has 0 saturated heterocycles. The summed E-state index contributed by atoms with van der Waals surface area (Å²) in [7, 11) is 1.76. The molecule has 4 aromatic rings. The van der Waals surface area contributed by atoms with Gasteiger partial charge in [-0.3, -0.25) is 4.79 Å². The monoisotopic (exact) mass is 509 g/mol. The molecule has 0 unspecified atom stereocenters. The lowest BCUT2D eigenvalue weighted by molar-refractivity contribution is -0.108. The molecule has 2 aliphatic carbocycles. The average Bonchev–Trinajstić information content (AvgIpc) is 3.50. The van der Waals surface area contributed by atoms with Gasteiger partial charge in [0.15, 0.2) is 0 Å². The van der Waals surface area contributed by atoms with Gasteiger partial charge in [-0.05, 0) is 49.3 Å². The van der Waals surface area contributed by atoms with Crippen LogP contribution in [-0.2, 0) is 4.74 Å². The standard InChI is InChI=1S/C26H29F2N7O2/c1-37-18-4-2-17(3-5-18)33-25-31-13-20-19(12-29-23(20)34-25)16-6-7-35-22(8-16)21(14-32-35)24(36)30-11-15-9-26(27,28)10-15/h6-8,12-15,17-18H,2-5,9-11H2,1H3,(H,30,36)(H2,29,31,33,34). The van der Waals surface area contributed by atoms with E-state index in [1.165, 1.54) is 6.20 Å². The van der Waals surface area contributed by atoms with Gasteiger partial charge in [0.25, 0.3) is 5.91 Å². The fourth-order valence-electron chi connectivity index (χ4n) is 5.43. The minimum absolute atomic E-state index is 0.180. The lowest BCUT2D eigenvalue weighted by Gasteiger charge is -2.34. The number of carbonyl (C=O) groups excluding carboxylic acids is 1. The summed E-state index contributed by atoms with van der Waals surface area (Å²) < 4.78 is 33.3. The molecule has 11 heteroatoms. The molecule has 9 nitrogen and oxygen atoms in total. The van der Waals surface area contributed by atoms with Gasteiger partial charge in [0.1, 0.15) is 5.65 Å². The second-order valence-corrected chi connectivity index (χ2v) is 10.2. The van der Waals surface area contributed by atoms with Gasteiger partial charge in [-0.1, -0.05) is 0 Å². The first-order valence-corrected chi connectivity index (χ1v) is 12.7. The van der Waals surface area contributed by atoms with Crippen molar-refractivity contribution in [2.45, 2.75) is 56.6 Å². The first kappa shape index (κ1) is 23.8. The summed E-state index contributed by atoms with van der Waals surface area (Å²) in [5.74, 6) is -2.52. The van der Waals surface area contributed by atoms with Crippen molar-refractivity contribution < 1.29 is 18.3 Å². The number of aromatic nitrogens is 5. The molecule has 1 amide bonds. The van der Waals surface area contributed by atoms with Crippen LogP contribution in [0.15, 0.2) is 36.9 Å². The van der Waals surface area contributed by atoms with Crippen molar-refractivity contribution in [1.82, 2.24) is 29.9 Å². The molecule has 0 radical (unpaired) electrons. The number of H-pyrrole nitrogens is 1. The molecule has 0 bridgehead atoms. The van der Waals surface area contributed by atoms with Crippen molar-refractivity contribution in [3.8, 4) is 11.1 Å². The quantitative estimate of drug-likeness (QED) is 0.340. The van der Waals surface area contributed by atoms with Gasteiger partial charge in [-0.25, -0.2) is 18.3 Å². The number of amides is 1. The summed E-state index contributed by atoms with van der Waals surface area (Å²) in [6.45, 7) is 0.232. The smallest absolute Gasteiger partial charge is 0.255 e. The van der Waals surface area contributed by atoms with E-state index in [2.05, 4.69) is 30.7 Å². The highest BCUT2D eigenvalue weighted by Crippen LogP contribution is 2.41. The number of hydrogen-bond acceptors (Lipinski definition) is 6. The molecule has 194 valence electrons. The van der Waals surface area contributed by atoms with E-state index in [1.54, 1.807) is 24.0 Å². The Kier molecular flexibility index (Phi) is 6.02. The molecule has 4 aromatic heterocycles. The Bertz CT molecular complexity index is 1430. The van der Waals surface area contributed by atoms with Gasteiger partial charge in [0.05, 0.1) is 23.4 Å². The Morgan fingerprint density at radius 1 is 1.24 bits per heavy atom. The molecular formula is C26H29F2N7O2. The number of alkyl halides is 2. The maximum Gasteiger partial charge on any atom is 0.255 e. The summed E-state index contributed by atoms with van der Waals surface area (Å²) in [6, 6.07) is 4.14. The van der Waals surface area contributed by atoms with Crippen LogP contribution in [0.2, 0.25) is 0 Å². The number of rotatable bonds is 7. The Morgan fingerprint density at radius 3 is 2.81 bits per heavy atom. The molecule has 37 heavy (non-hydrogen) atoms. The Morgan fingerprint density at radius 2 is 2.05 bits per heavy atom. The highest BCUT2D eigenvalue weighted by molar-refractivity contribution is 6.02. The van der Waals surface area contributed by atoms with Crippen LogP contribution in [0.1, 0.15) is 48.9 Å². The third kappa shape index (κ3) is 4.75. The van der Waals surface area contributed by atoms with E-state index in [4.69, 9.17) is 4.74 Å². The molecular weight excluding hydrogens is 480 g/mol. The minimum atomic E-state index is -2.60. The molecule has 4 heterocycles. The normalized spacial score (nSPS) is 21.7. The maximum atomic E-state index is 13.1. The van der Waals surface area contributed by atoms with Gasteiger partial charge in [0.2, 0.25) is 11.9 Å². The Labute approximate surface area is 212 Å². The van der Waals surface area contributed by atoms with Crippen LogP contribution in [0.4, 0.5) is 14.7 Å². The van der Waals surface area contributed by atoms with Gasteiger partial charge < -0.3 is 20.4 Å². The van der Waals surface area contributed by atoms with Crippen LogP contribution in [0.5, 0.6) is 0 Å². The largest absolute Gasteiger partial charge is 0.381 e. The van der Waals surface area contributed by atoms with E-state index in [0.29, 0.717) is 29.2 Å². The van der Waals surface area contributed by atoms with E-state index in [-0.39, 0.29) is 31.2 Å². The number of aromatic amines is 1. The zero-order valence-corrected chi connectivity index (χ0v) is 20.5. The lowest BCUT2D eigenvalue weighted by Crippen LogP contribution is -2.42. The number of anilines is 1. The van der Waals surface area contributed by atoms with Gasteiger partial charge in [0, 0.05) is 62.1 Å². The van der Waals surface area contributed by atoms with E-state index < -0.39 is 5.92 Å². The predicted molar refractivity (Wildman–Crippen MR) is 135 cm³/mol. The molecule has 6 rings (SSSR count). The number of ether oxygens (including phenoxy) is 1. The minimum Gasteiger partial charge on any atom is -0.381 e. The van der Waals surface area contributed by atoms with Crippen LogP contribution in [0.3, 0.4) is 0 Å². The van der Waals surface area contributed by atoms with E-state index in [0.717, 1.165) is 47.8 Å². The van der Waals surface area contributed by atoms with E-state index >= 15 is 0 Å². The molecule has 0 aliphatic heterocycles. The second kappa shape index (κ2) is 9.37. The molecule has 0 aromatic carbocycles. The summed E-state index contributed by atoms with van der Waals surface area (Å²) in [4.78, 5) is 25.2. The second-order valence-electron chi connectivity index (χ2n) is 10.2. The third-order valence-electron chi connectivity index (χ3n) is 7.58. The number of fused-ring (bicyclic) bond motifs is 2. The molecule has 2 saturated carbocycles. The summed E-state index contributed by atoms with van der Waals surface area (Å²) >= 11 is 0. The van der Waals surface area contributed by atoms with Crippen LogP contribution < -0.4 is 10.6 Å². The van der Waals surface area contributed by atoms with Gasteiger partial charge >= 0.3 is 0 Å². The van der Waals surface area contributed by atoms with Crippen LogP contribution in [-0.4, -0.2) is 62.2 Å². The number of carbonyl (C=O) groups is 1. The number of pyridine rings is 1. The summed E-state index contributed by atoms with van der Waals surface area (Å²) in [6.07, 6.45) is 11.0. The number of nitrogens with zero attached hydrogens (tertiary/aromatic N) is 4. The first-order chi connectivity index (χ1) is 17.9. The number of nitrogens with one attached hydrogen (secondary N) is 3. The van der Waals surface area contributed by atoms with Gasteiger partial charge in [-0.2, -0.15) is 10.1 Å². The van der Waals surface area contributed by atoms with E-state index in [9.17, 15) is 13.6 Å². The first-order valence-electron chi connectivity index (χ1n) is 12.7. The zero-order chi connectivity index (χ0) is 25.6. The number of hydrogen-bond donors (Lipinski definition) is 3. The summed E-state index contributed by atoms with van der Waals surface area (Å²) in [5.41, 5.74) is 3.55.